The third-order valence-corrected chi connectivity index (χ3v) is 5.75. The number of rotatable bonds is 7. The Balaban J connectivity index is 1.40. The van der Waals surface area contributed by atoms with E-state index in [2.05, 4.69) is 11.4 Å². The smallest absolute Gasteiger partial charge is 0.109 e. The maximum atomic E-state index is 9.67. The Hall–Kier alpha value is -0.590. The van der Waals surface area contributed by atoms with Crippen molar-refractivity contribution in [3.05, 3.63) is 0 Å². The van der Waals surface area contributed by atoms with Gasteiger partial charge < -0.3 is 4.74 Å². The minimum Gasteiger partial charge on any atom is -0.381 e. The standard InChI is InChI=1S/C18H30N2O/c19-14-18(20-17-8-9-17)11-4-7-16(18)10-12-21-13-15-5-2-1-3-6-15/h15-17,20H,1-13H2. The van der Waals surface area contributed by atoms with Gasteiger partial charge in [0.05, 0.1) is 6.07 Å². The SMILES string of the molecule is N#CC1(NC2CC2)CCCC1CCOCC1CCCCC1. The second-order valence-corrected chi connectivity index (χ2v) is 7.46. The highest BCUT2D eigenvalue weighted by molar-refractivity contribution is 5.16. The van der Waals surface area contributed by atoms with E-state index in [0.717, 1.165) is 32.0 Å². The van der Waals surface area contributed by atoms with Gasteiger partial charge in [-0.3, -0.25) is 5.32 Å². The van der Waals surface area contributed by atoms with Gasteiger partial charge in [0.15, 0.2) is 0 Å². The van der Waals surface area contributed by atoms with Crippen molar-refractivity contribution in [2.45, 2.75) is 82.2 Å². The summed E-state index contributed by atoms with van der Waals surface area (Å²) in [6.07, 6.45) is 13.9. The molecule has 3 aliphatic rings. The third-order valence-electron chi connectivity index (χ3n) is 5.75. The summed E-state index contributed by atoms with van der Waals surface area (Å²) in [5.41, 5.74) is -0.241. The van der Waals surface area contributed by atoms with E-state index in [9.17, 15) is 5.26 Å². The number of nitrogens with one attached hydrogen (secondary N) is 1. The molecule has 21 heavy (non-hydrogen) atoms. The first-order valence-corrected chi connectivity index (χ1v) is 9.09. The van der Waals surface area contributed by atoms with E-state index in [1.807, 2.05) is 0 Å². The maximum Gasteiger partial charge on any atom is 0.109 e. The zero-order valence-electron chi connectivity index (χ0n) is 13.3. The van der Waals surface area contributed by atoms with E-state index in [1.165, 1.54) is 57.8 Å². The van der Waals surface area contributed by atoms with Crippen LogP contribution in [-0.4, -0.2) is 24.8 Å². The molecule has 3 saturated carbocycles. The van der Waals surface area contributed by atoms with E-state index in [0.29, 0.717) is 12.0 Å². The molecule has 0 spiro atoms. The highest BCUT2D eigenvalue weighted by Crippen LogP contribution is 2.40. The first-order chi connectivity index (χ1) is 10.3. The molecule has 0 saturated heterocycles. The summed E-state index contributed by atoms with van der Waals surface area (Å²) in [6.45, 7) is 1.79. The second-order valence-electron chi connectivity index (χ2n) is 7.46. The highest BCUT2D eigenvalue weighted by atomic mass is 16.5. The molecule has 0 aliphatic heterocycles. The van der Waals surface area contributed by atoms with Crippen LogP contribution in [0.4, 0.5) is 0 Å². The van der Waals surface area contributed by atoms with Crippen LogP contribution in [0.15, 0.2) is 0 Å². The van der Waals surface area contributed by atoms with Crippen molar-refractivity contribution >= 4 is 0 Å². The summed E-state index contributed by atoms with van der Waals surface area (Å²) in [6, 6.07) is 3.24. The van der Waals surface area contributed by atoms with Crippen molar-refractivity contribution in [1.82, 2.24) is 5.32 Å². The van der Waals surface area contributed by atoms with Crippen molar-refractivity contribution in [1.29, 1.82) is 5.26 Å². The van der Waals surface area contributed by atoms with Crippen molar-refractivity contribution in [3.8, 4) is 6.07 Å². The summed E-state index contributed by atoms with van der Waals surface area (Å²) < 4.78 is 5.96. The van der Waals surface area contributed by atoms with E-state index in [4.69, 9.17) is 4.74 Å². The van der Waals surface area contributed by atoms with Gasteiger partial charge in [0.25, 0.3) is 0 Å². The van der Waals surface area contributed by atoms with Crippen LogP contribution < -0.4 is 5.32 Å². The lowest BCUT2D eigenvalue weighted by atomic mass is 9.86. The summed E-state index contributed by atoms with van der Waals surface area (Å²) in [4.78, 5) is 0. The molecule has 0 bridgehead atoms. The minimum absolute atomic E-state index is 0.241. The average molecular weight is 290 g/mol. The Morgan fingerprint density at radius 2 is 1.86 bits per heavy atom. The van der Waals surface area contributed by atoms with Gasteiger partial charge in [-0.05, 0) is 56.8 Å². The first-order valence-electron chi connectivity index (χ1n) is 9.09. The largest absolute Gasteiger partial charge is 0.381 e. The molecule has 2 unspecified atom stereocenters. The molecule has 3 nitrogen and oxygen atoms in total. The second kappa shape index (κ2) is 7.11. The Morgan fingerprint density at radius 3 is 2.57 bits per heavy atom. The van der Waals surface area contributed by atoms with Crippen molar-refractivity contribution in [3.63, 3.8) is 0 Å². The highest BCUT2D eigenvalue weighted by Gasteiger charge is 2.45. The van der Waals surface area contributed by atoms with E-state index < -0.39 is 0 Å². The molecule has 3 aliphatic carbocycles. The van der Waals surface area contributed by atoms with Crippen molar-refractivity contribution in [2.24, 2.45) is 11.8 Å². The number of ether oxygens (including phenoxy) is 1. The summed E-state index contributed by atoms with van der Waals surface area (Å²) in [5.74, 6) is 1.29. The molecule has 3 heteroatoms. The number of hydrogen-bond acceptors (Lipinski definition) is 3. The predicted octanol–water partition coefficient (Wildman–Crippen LogP) is 3.79. The minimum atomic E-state index is -0.241. The van der Waals surface area contributed by atoms with E-state index >= 15 is 0 Å². The first kappa shape index (κ1) is 15.3. The zero-order chi connectivity index (χ0) is 14.5. The molecule has 2 atom stereocenters. The fraction of sp³-hybridized carbons (Fsp3) is 0.944. The molecule has 118 valence electrons. The molecule has 0 heterocycles. The van der Waals surface area contributed by atoms with Crippen LogP contribution in [0.5, 0.6) is 0 Å². The lowest BCUT2D eigenvalue weighted by Crippen LogP contribution is -2.48. The van der Waals surface area contributed by atoms with Gasteiger partial charge in [0.1, 0.15) is 5.54 Å². The fourth-order valence-corrected chi connectivity index (χ4v) is 4.26. The Labute approximate surface area is 129 Å². The summed E-state index contributed by atoms with van der Waals surface area (Å²) in [5, 5.41) is 13.3. The molecule has 1 N–H and O–H groups in total. The molecular weight excluding hydrogens is 260 g/mol. The predicted molar refractivity (Wildman–Crippen MR) is 83.9 cm³/mol. The van der Waals surface area contributed by atoms with Crippen LogP contribution in [0, 0.1) is 23.2 Å². The molecule has 0 aromatic carbocycles. The van der Waals surface area contributed by atoms with Crippen LogP contribution in [0.1, 0.15) is 70.6 Å². The van der Waals surface area contributed by atoms with Gasteiger partial charge in [0, 0.05) is 19.3 Å². The van der Waals surface area contributed by atoms with Gasteiger partial charge in [-0.1, -0.05) is 25.7 Å². The van der Waals surface area contributed by atoms with Crippen LogP contribution in [0.2, 0.25) is 0 Å². The fourth-order valence-electron chi connectivity index (χ4n) is 4.26. The zero-order valence-corrected chi connectivity index (χ0v) is 13.3. The Bertz CT molecular complexity index is 368. The molecule has 0 aromatic rings. The average Bonchev–Trinajstić information content (AvgIpc) is 3.24. The Morgan fingerprint density at radius 1 is 1.05 bits per heavy atom. The molecule has 3 rings (SSSR count). The Kier molecular flexibility index (Phi) is 5.19. The number of nitrogens with zero attached hydrogens (tertiary/aromatic N) is 1. The molecule has 0 aromatic heterocycles. The summed E-state index contributed by atoms with van der Waals surface area (Å²) in [7, 11) is 0. The van der Waals surface area contributed by atoms with Gasteiger partial charge in [-0.25, -0.2) is 0 Å². The maximum absolute atomic E-state index is 9.67. The topological polar surface area (TPSA) is 45.0 Å². The van der Waals surface area contributed by atoms with E-state index in [-0.39, 0.29) is 5.54 Å². The lowest BCUT2D eigenvalue weighted by Gasteiger charge is -2.30. The lowest BCUT2D eigenvalue weighted by molar-refractivity contribution is 0.0709. The monoisotopic (exact) mass is 290 g/mol. The van der Waals surface area contributed by atoms with Gasteiger partial charge in [0.2, 0.25) is 0 Å². The van der Waals surface area contributed by atoms with Gasteiger partial charge in [-0.15, -0.1) is 0 Å². The molecule has 0 amide bonds. The van der Waals surface area contributed by atoms with Crippen molar-refractivity contribution < 1.29 is 4.74 Å². The molecular formula is C18H30N2O. The number of hydrogen-bond donors (Lipinski definition) is 1. The van der Waals surface area contributed by atoms with Gasteiger partial charge >= 0.3 is 0 Å². The quantitative estimate of drug-likeness (QED) is 0.726. The normalized spacial score (nSPS) is 34.0. The molecule has 0 radical (unpaired) electrons. The van der Waals surface area contributed by atoms with Crippen LogP contribution in [0.3, 0.4) is 0 Å². The van der Waals surface area contributed by atoms with E-state index in [1.54, 1.807) is 0 Å². The van der Waals surface area contributed by atoms with Crippen LogP contribution >= 0.6 is 0 Å². The van der Waals surface area contributed by atoms with Gasteiger partial charge in [-0.2, -0.15) is 5.26 Å². The van der Waals surface area contributed by atoms with Crippen LogP contribution in [0.25, 0.3) is 0 Å². The summed E-state index contributed by atoms with van der Waals surface area (Å²) >= 11 is 0. The third kappa shape index (κ3) is 3.99. The van der Waals surface area contributed by atoms with Crippen molar-refractivity contribution in [2.75, 3.05) is 13.2 Å². The van der Waals surface area contributed by atoms with Crippen LogP contribution in [-0.2, 0) is 4.74 Å². The number of nitriles is 1. The molecule has 3 fully saturated rings.